The Bertz CT molecular complexity index is 406. The fraction of sp³-hybridized carbons (Fsp3) is 0.882. The Morgan fingerprint density at radius 2 is 1.81 bits per heavy atom. The summed E-state index contributed by atoms with van der Waals surface area (Å²) >= 11 is 0. The largest absolute Gasteiger partial charge is 0.353 e. The van der Waals surface area contributed by atoms with Crippen molar-refractivity contribution in [2.45, 2.75) is 64.3 Å². The van der Waals surface area contributed by atoms with Crippen molar-refractivity contribution in [3.8, 4) is 0 Å². The molecule has 0 spiro atoms. The van der Waals surface area contributed by atoms with Crippen LogP contribution >= 0.6 is 0 Å². The summed E-state index contributed by atoms with van der Waals surface area (Å²) in [6.07, 6.45) is 8.75. The molecule has 0 aromatic rings. The first-order chi connectivity index (χ1) is 10.1. The van der Waals surface area contributed by atoms with Crippen molar-refractivity contribution < 1.29 is 9.59 Å². The normalized spacial score (nSPS) is 33.6. The van der Waals surface area contributed by atoms with Crippen LogP contribution in [-0.4, -0.2) is 35.8 Å². The van der Waals surface area contributed by atoms with E-state index in [4.69, 9.17) is 0 Å². The summed E-state index contributed by atoms with van der Waals surface area (Å²) in [6.45, 7) is 3.76. The number of nitrogens with zero attached hydrogens (tertiary/aromatic N) is 1. The van der Waals surface area contributed by atoms with Gasteiger partial charge in [-0.1, -0.05) is 19.8 Å². The number of hydrogen-bond acceptors (Lipinski definition) is 2. The first kappa shape index (κ1) is 14.9. The van der Waals surface area contributed by atoms with E-state index in [2.05, 4.69) is 12.2 Å². The molecule has 2 saturated carbocycles. The van der Waals surface area contributed by atoms with Crippen LogP contribution in [0.2, 0.25) is 0 Å². The van der Waals surface area contributed by atoms with Crippen LogP contribution in [0.5, 0.6) is 0 Å². The summed E-state index contributed by atoms with van der Waals surface area (Å²) in [5.74, 6) is 1.48. The first-order valence-electron chi connectivity index (χ1n) is 8.72. The third-order valence-electron chi connectivity index (χ3n) is 5.31. The second-order valence-electron chi connectivity index (χ2n) is 7.37. The number of piperidine rings is 1. The maximum absolute atomic E-state index is 12.5. The lowest BCUT2D eigenvalue weighted by molar-refractivity contribution is -0.137. The molecular weight excluding hydrogens is 264 g/mol. The van der Waals surface area contributed by atoms with Gasteiger partial charge in [-0.15, -0.1) is 0 Å². The molecule has 0 aromatic carbocycles. The highest BCUT2D eigenvalue weighted by atomic mass is 16.2. The van der Waals surface area contributed by atoms with Crippen LogP contribution < -0.4 is 5.32 Å². The van der Waals surface area contributed by atoms with Gasteiger partial charge in [-0.05, 0) is 44.4 Å². The fourth-order valence-electron chi connectivity index (χ4n) is 3.86. The summed E-state index contributed by atoms with van der Waals surface area (Å²) in [5, 5.41) is 3.25. The van der Waals surface area contributed by atoms with Crippen molar-refractivity contribution in [2.75, 3.05) is 13.1 Å². The van der Waals surface area contributed by atoms with Crippen LogP contribution in [0.15, 0.2) is 0 Å². The summed E-state index contributed by atoms with van der Waals surface area (Å²) in [5.41, 5.74) is 0. The molecule has 3 rings (SSSR count). The van der Waals surface area contributed by atoms with Crippen molar-refractivity contribution in [3.05, 3.63) is 0 Å². The lowest BCUT2D eigenvalue weighted by Gasteiger charge is -2.34. The van der Waals surface area contributed by atoms with Crippen molar-refractivity contribution >= 4 is 11.8 Å². The number of rotatable bonds is 3. The van der Waals surface area contributed by atoms with E-state index in [0.29, 0.717) is 18.5 Å². The molecule has 4 heteroatoms. The van der Waals surface area contributed by atoms with Crippen LogP contribution in [0.4, 0.5) is 0 Å². The molecule has 3 atom stereocenters. The molecule has 2 aliphatic carbocycles. The second-order valence-corrected chi connectivity index (χ2v) is 7.37. The van der Waals surface area contributed by atoms with E-state index < -0.39 is 0 Å². The third kappa shape index (κ3) is 3.78. The summed E-state index contributed by atoms with van der Waals surface area (Å²) in [4.78, 5) is 26.6. The Labute approximate surface area is 127 Å². The zero-order valence-corrected chi connectivity index (χ0v) is 13.1. The molecule has 3 unspecified atom stereocenters. The van der Waals surface area contributed by atoms with Crippen LogP contribution in [0.1, 0.15) is 58.3 Å². The summed E-state index contributed by atoms with van der Waals surface area (Å²) in [6, 6.07) is 0.357. The Morgan fingerprint density at radius 3 is 2.52 bits per heavy atom. The smallest absolute Gasteiger partial charge is 0.225 e. The molecule has 1 N–H and O–H groups in total. The van der Waals surface area contributed by atoms with E-state index in [9.17, 15) is 9.59 Å². The average Bonchev–Trinajstić information content (AvgIpc) is 3.31. The molecule has 3 fully saturated rings. The Kier molecular flexibility index (Phi) is 4.51. The van der Waals surface area contributed by atoms with Gasteiger partial charge in [0.2, 0.25) is 11.8 Å². The SMILES string of the molecule is CC1CCCC(NC(=O)C2CCCN(C(=O)C3CC3)C2)C1. The molecule has 4 nitrogen and oxygen atoms in total. The van der Waals surface area contributed by atoms with Crippen molar-refractivity contribution in [1.82, 2.24) is 10.2 Å². The van der Waals surface area contributed by atoms with Gasteiger partial charge in [-0.3, -0.25) is 9.59 Å². The number of nitrogens with one attached hydrogen (secondary N) is 1. The minimum Gasteiger partial charge on any atom is -0.353 e. The predicted molar refractivity (Wildman–Crippen MR) is 81.6 cm³/mol. The first-order valence-corrected chi connectivity index (χ1v) is 8.72. The van der Waals surface area contributed by atoms with E-state index in [1.165, 1.54) is 12.8 Å². The molecule has 21 heavy (non-hydrogen) atoms. The molecule has 1 heterocycles. The van der Waals surface area contributed by atoms with E-state index in [-0.39, 0.29) is 17.7 Å². The molecule has 2 amide bonds. The molecule has 118 valence electrons. The number of hydrogen-bond donors (Lipinski definition) is 1. The number of amides is 2. The predicted octanol–water partition coefficient (Wildman–Crippen LogP) is 2.33. The molecule has 0 aromatic heterocycles. The summed E-state index contributed by atoms with van der Waals surface area (Å²) < 4.78 is 0. The quantitative estimate of drug-likeness (QED) is 0.868. The highest BCUT2D eigenvalue weighted by Gasteiger charge is 2.37. The second kappa shape index (κ2) is 6.37. The van der Waals surface area contributed by atoms with Gasteiger partial charge in [-0.25, -0.2) is 0 Å². The third-order valence-corrected chi connectivity index (χ3v) is 5.31. The lowest BCUT2D eigenvalue weighted by Crippen LogP contribution is -2.48. The Balaban J connectivity index is 1.50. The highest BCUT2D eigenvalue weighted by molar-refractivity contribution is 5.83. The van der Waals surface area contributed by atoms with Gasteiger partial charge in [0, 0.05) is 25.0 Å². The zero-order chi connectivity index (χ0) is 14.8. The number of carbonyl (C=O) groups excluding carboxylic acids is 2. The maximum atomic E-state index is 12.5. The van der Waals surface area contributed by atoms with E-state index in [0.717, 1.165) is 51.0 Å². The number of carbonyl (C=O) groups is 2. The van der Waals surface area contributed by atoms with Gasteiger partial charge in [0.1, 0.15) is 0 Å². The molecule has 0 radical (unpaired) electrons. The fourth-order valence-corrected chi connectivity index (χ4v) is 3.86. The zero-order valence-electron chi connectivity index (χ0n) is 13.1. The van der Waals surface area contributed by atoms with E-state index in [1.807, 2.05) is 4.90 Å². The average molecular weight is 292 g/mol. The van der Waals surface area contributed by atoms with Gasteiger partial charge in [0.15, 0.2) is 0 Å². The van der Waals surface area contributed by atoms with Crippen molar-refractivity contribution in [3.63, 3.8) is 0 Å². The van der Waals surface area contributed by atoms with Crippen molar-refractivity contribution in [2.24, 2.45) is 17.8 Å². The lowest BCUT2D eigenvalue weighted by atomic mass is 9.86. The topological polar surface area (TPSA) is 49.4 Å². The summed E-state index contributed by atoms with van der Waals surface area (Å²) in [7, 11) is 0. The Hall–Kier alpha value is -1.06. The van der Waals surface area contributed by atoms with E-state index in [1.54, 1.807) is 0 Å². The van der Waals surface area contributed by atoms with Crippen LogP contribution in [-0.2, 0) is 9.59 Å². The standard InChI is InChI=1S/C17H28N2O2/c1-12-4-2-6-15(10-12)18-16(20)14-5-3-9-19(11-14)17(21)13-7-8-13/h12-15H,2-11H2,1H3,(H,18,20). The Morgan fingerprint density at radius 1 is 1.00 bits per heavy atom. The van der Waals surface area contributed by atoms with E-state index >= 15 is 0 Å². The van der Waals surface area contributed by atoms with Gasteiger partial charge in [0.25, 0.3) is 0 Å². The van der Waals surface area contributed by atoms with Crippen LogP contribution in [0.3, 0.4) is 0 Å². The molecule has 1 aliphatic heterocycles. The monoisotopic (exact) mass is 292 g/mol. The van der Waals surface area contributed by atoms with Crippen molar-refractivity contribution in [1.29, 1.82) is 0 Å². The molecule has 0 bridgehead atoms. The molecular formula is C17H28N2O2. The number of likely N-dealkylation sites (tertiary alicyclic amines) is 1. The highest BCUT2D eigenvalue weighted by Crippen LogP contribution is 2.32. The van der Waals surface area contributed by atoms with Gasteiger partial charge >= 0.3 is 0 Å². The minimum absolute atomic E-state index is 0.0127. The van der Waals surface area contributed by atoms with Crippen LogP contribution in [0, 0.1) is 17.8 Å². The van der Waals surface area contributed by atoms with Crippen LogP contribution in [0.25, 0.3) is 0 Å². The maximum Gasteiger partial charge on any atom is 0.225 e. The minimum atomic E-state index is 0.0127. The molecule has 3 aliphatic rings. The molecule has 1 saturated heterocycles. The van der Waals surface area contributed by atoms with Gasteiger partial charge in [-0.2, -0.15) is 0 Å². The van der Waals surface area contributed by atoms with Gasteiger partial charge in [0.05, 0.1) is 5.92 Å². The van der Waals surface area contributed by atoms with Gasteiger partial charge < -0.3 is 10.2 Å².